The molecule has 1 aromatic carbocycles. The van der Waals surface area contributed by atoms with Crippen molar-refractivity contribution in [2.24, 2.45) is 16.7 Å². The monoisotopic (exact) mass is 572 g/mol. The van der Waals surface area contributed by atoms with Gasteiger partial charge in [-0.1, -0.05) is 12.1 Å². The third kappa shape index (κ3) is 13.5. The Morgan fingerprint density at radius 1 is 0.821 bits per heavy atom. The molecule has 220 valence electrons. The maximum absolute atomic E-state index is 12.1. The molecule has 39 heavy (non-hydrogen) atoms. The highest BCUT2D eigenvalue weighted by molar-refractivity contribution is 7.90. The number of carbonyl (C=O) groups is 4. The second-order valence-corrected chi connectivity index (χ2v) is 13.2. The van der Waals surface area contributed by atoms with Crippen molar-refractivity contribution in [3.8, 4) is 0 Å². The van der Waals surface area contributed by atoms with Crippen molar-refractivity contribution in [3.05, 3.63) is 29.8 Å². The molecule has 0 fully saturated rings. The highest BCUT2D eigenvalue weighted by atomic mass is 32.2. The van der Waals surface area contributed by atoms with Gasteiger partial charge in [-0.3, -0.25) is 14.4 Å². The zero-order valence-electron chi connectivity index (χ0n) is 23.9. The maximum Gasteiger partial charge on any atom is 0.511 e. The fourth-order valence-electron chi connectivity index (χ4n) is 2.77. The molecule has 1 atom stereocenters. The molecule has 1 aromatic rings. The average molecular weight is 573 g/mol. The van der Waals surface area contributed by atoms with Crippen LogP contribution < -0.4 is 0 Å². The van der Waals surface area contributed by atoms with Crippen LogP contribution in [0.4, 0.5) is 4.79 Å². The molecule has 0 amide bonds. The molecule has 0 aliphatic rings. The molecule has 0 spiro atoms. The van der Waals surface area contributed by atoms with Gasteiger partial charge in [-0.25, -0.2) is 13.2 Å². The van der Waals surface area contributed by atoms with E-state index in [-0.39, 0.29) is 37.6 Å². The summed E-state index contributed by atoms with van der Waals surface area (Å²) in [4.78, 5) is 48.7. The summed E-state index contributed by atoms with van der Waals surface area (Å²) in [5.74, 6) is -2.27. The van der Waals surface area contributed by atoms with Crippen LogP contribution >= 0.6 is 0 Å². The van der Waals surface area contributed by atoms with Gasteiger partial charge in [0, 0.05) is 19.6 Å². The van der Waals surface area contributed by atoms with Gasteiger partial charge in [0.15, 0.2) is 9.84 Å². The Bertz CT molecular complexity index is 1080. The van der Waals surface area contributed by atoms with Crippen molar-refractivity contribution in [2.45, 2.75) is 72.5 Å². The summed E-state index contributed by atoms with van der Waals surface area (Å²) in [6.45, 7) is 10.8. The van der Waals surface area contributed by atoms with Gasteiger partial charge in [-0.2, -0.15) is 0 Å². The zero-order chi connectivity index (χ0) is 30.0. The molecular weight excluding hydrogens is 532 g/mol. The van der Waals surface area contributed by atoms with Crippen molar-refractivity contribution in [2.75, 3.05) is 26.1 Å². The van der Waals surface area contributed by atoms with Crippen LogP contribution in [0, 0.1) is 16.7 Å². The van der Waals surface area contributed by atoms with E-state index in [2.05, 4.69) is 0 Å². The fourth-order valence-corrected chi connectivity index (χ4v) is 3.46. The molecule has 0 saturated carbocycles. The second-order valence-electron chi connectivity index (χ2n) is 11.2. The van der Waals surface area contributed by atoms with Crippen LogP contribution in [0.2, 0.25) is 0 Å². The van der Waals surface area contributed by atoms with E-state index >= 15 is 0 Å². The number of ether oxygens (including phenoxy) is 5. The lowest BCUT2D eigenvalue weighted by atomic mass is 9.97. The van der Waals surface area contributed by atoms with E-state index in [0.717, 1.165) is 6.26 Å². The minimum Gasteiger partial charge on any atom is -0.465 e. The lowest BCUT2D eigenvalue weighted by molar-refractivity contribution is -0.168. The Balaban J connectivity index is 2.58. The Kier molecular flexibility index (Phi) is 12.4. The van der Waals surface area contributed by atoms with Crippen LogP contribution in [0.25, 0.3) is 0 Å². The van der Waals surface area contributed by atoms with Gasteiger partial charge in [0.2, 0.25) is 6.29 Å². The summed E-state index contributed by atoms with van der Waals surface area (Å²) in [7, 11) is -3.37. The lowest BCUT2D eigenvalue weighted by Gasteiger charge is -2.23. The molecule has 0 aromatic heterocycles. The predicted octanol–water partition coefficient (Wildman–Crippen LogP) is 3.86. The number of carbonyl (C=O) groups excluding carboxylic acids is 4. The van der Waals surface area contributed by atoms with E-state index in [1.165, 1.54) is 19.1 Å². The normalized spacial score (nSPS) is 12.8. The summed E-state index contributed by atoms with van der Waals surface area (Å²) in [6, 6.07) is 6.22. The molecule has 0 saturated heterocycles. The van der Waals surface area contributed by atoms with E-state index in [4.69, 9.17) is 23.7 Å². The van der Waals surface area contributed by atoms with Crippen molar-refractivity contribution in [1.82, 2.24) is 0 Å². The molecule has 12 heteroatoms. The molecule has 0 N–H and O–H groups in total. The Morgan fingerprint density at radius 2 is 1.33 bits per heavy atom. The van der Waals surface area contributed by atoms with Crippen LogP contribution in [0.15, 0.2) is 29.2 Å². The smallest absolute Gasteiger partial charge is 0.465 e. The second kappa shape index (κ2) is 14.3. The number of hydrogen-bond donors (Lipinski definition) is 0. The third-order valence-electron chi connectivity index (χ3n) is 5.07. The summed E-state index contributed by atoms with van der Waals surface area (Å²) in [5.41, 5.74) is -0.863. The first-order valence-electron chi connectivity index (χ1n) is 12.5. The van der Waals surface area contributed by atoms with Gasteiger partial charge in [0.05, 0.1) is 21.6 Å². The maximum atomic E-state index is 12.1. The number of rotatable bonds is 12. The van der Waals surface area contributed by atoms with Crippen molar-refractivity contribution in [3.63, 3.8) is 0 Å². The van der Waals surface area contributed by atoms with Crippen LogP contribution in [0.3, 0.4) is 0 Å². The minimum atomic E-state index is -3.37. The number of benzene rings is 1. The fraction of sp³-hybridized carbons (Fsp3) is 0.630. The first-order valence-corrected chi connectivity index (χ1v) is 14.3. The lowest BCUT2D eigenvalue weighted by Crippen LogP contribution is -2.32. The third-order valence-corrected chi connectivity index (χ3v) is 6.18. The van der Waals surface area contributed by atoms with Crippen LogP contribution in [-0.4, -0.2) is 64.8 Å². The number of esters is 3. The Morgan fingerprint density at radius 3 is 1.82 bits per heavy atom. The molecule has 11 nitrogen and oxygen atoms in total. The number of hydrogen-bond acceptors (Lipinski definition) is 11. The first kappa shape index (κ1) is 33.9. The quantitative estimate of drug-likeness (QED) is 0.204. The Hall–Kier alpha value is -3.15. The summed E-state index contributed by atoms with van der Waals surface area (Å²) < 4.78 is 49.0. The van der Waals surface area contributed by atoms with E-state index < -0.39 is 56.9 Å². The van der Waals surface area contributed by atoms with Crippen molar-refractivity contribution < 1.29 is 51.3 Å². The van der Waals surface area contributed by atoms with Gasteiger partial charge >= 0.3 is 24.1 Å². The van der Waals surface area contributed by atoms with Gasteiger partial charge in [-0.15, -0.1) is 0 Å². The Labute approximate surface area is 230 Å². The molecule has 0 aliphatic heterocycles. The standard InChI is InChI=1S/C27H40O11S/c1-18(37-22(28)13-12-19-10-9-11-21(14-19)39(8,32)33)38-25(31)36-17-20(15-34-23(29)26(2,3)4)16-35-24(30)27(5,6)7/h9-11,14,18,20H,12-13,15-17H2,1-8H3. The summed E-state index contributed by atoms with van der Waals surface area (Å²) >= 11 is 0. The molecular formula is C27H40O11S. The van der Waals surface area contributed by atoms with Crippen molar-refractivity contribution >= 4 is 33.9 Å². The van der Waals surface area contributed by atoms with Gasteiger partial charge in [-0.05, 0) is 65.7 Å². The number of sulfone groups is 1. The molecule has 0 heterocycles. The van der Waals surface area contributed by atoms with Gasteiger partial charge in [0.25, 0.3) is 0 Å². The van der Waals surface area contributed by atoms with E-state index in [1.807, 2.05) is 0 Å². The highest BCUT2D eigenvalue weighted by Crippen LogP contribution is 2.18. The first-order chi connectivity index (χ1) is 17.8. The molecule has 0 bridgehead atoms. The SMILES string of the molecule is CC(OC(=O)CCc1cccc(S(C)(=O)=O)c1)OC(=O)OCC(COC(=O)C(C)(C)C)COC(=O)C(C)(C)C. The number of aryl methyl sites for hydroxylation is 1. The van der Waals surface area contributed by atoms with Crippen LogP contribution in [-0.2, 0) is 54.3 Å². The van der Waals surface area contributed by atoms with Crippen LogP contribution in [0.1, 0.15) is 60.5 Å². The van der Waals surface area contributed by atoms with Gasteiger partial charge < -0.3 is 23.7 Å². The summed E-state index contributed by atoms with van der Waals surface area (Å²) in [5, 5.41) is 0. The molecule has 0 radical (unpaired) electrons. The highest BCUT2D eigenvalue weighted by Gasteiger charge is 2.28. The van der Waals surface area contributed by atoms with E-state index in [9.17, 15) is 27.6 Å². The minimum absolute atomic E-state index is 0.0731. The largest absolute Gasteiger partial charge is 0.511 e. The molecule has 0 aliphatic carbocycles. The summed E-state index contributed by atoms with van der Waals surface area (Å²) in [6.07, 6.45) is -1.15. The van der Waals surface area contributed by atoms with E-state index in [0.29, 0.717) is 5.56 Å². The average Bonchev–Trinajstić information content (AvgIpc) is 2.80. The van der Waals surface area contributed by atoms with E-state index in [1.54, 1.807) is 53.7 Å². The zero-order valence-corrected chi connectivity index (χ0v) is 24.7. The van der Waals surface area contributed by atoms with Gasteiger partial charge in [0.1, 0.15) is 19.8 Å². The topological polar surface area (TPSA) is 149 Å². The molecule has 1 rings (SSSR count). The van der Waals surface area contributed by atoms with Crippen LogP contribution in [0.5, 0.6) is 0 Å². The molecule has 1 unspecified atom stereocenters. The predicted molar refractivity (Wildman–Crippen MR) is 140 cm³/mol. The van der Waals surface area contributed by atoms with Crippen molar-refractivity contribution in [1.29, 1.82) is 0 Å².